The summed E-state index contributed by atoms with van der Waals surface area (Å²) in [5, 5.41) is 3.38. The largest absolute Gasteiger partial charge is 0.481 e. The van der Waals surface area contributed by atoms with E-state index in [4.69, 9.17) is 0 Å². The van der Waals surface area contributed by atoms with E-state index < -0.39 is 26.8 Å². The number of methoxy groups -OCH3 is 1. The zero-order valence-electron chi connectivity index (χ0n) is 7.95. The first-order chi connectivity index (χ1) is 7.16. The molecule has 0 spiro atoms. The summed E-state index contributed by atoms with van der Waals surface area (Å²) in [6.45, 7) is 0. The van der Waals surface area contributed by atoms with E-state index in [-0.39, 0.29) is 5.88 Å². The van der Waals surface area contributed by atoms with Gasteiger partial charge in [0.25, 0.3) is 10.0 Å². The van der Waals surface area contributed by atoms with Gasteiger partial charge in [-0.05, 0) is 6.07 Å². The fourth-order valence-corrected chi connectivity index (χ4v) is 1.68. The summed E-state index contributed by atoms with van der Waals surface area (Å²) in [5.74, 6) is -0.267. The summed E-state index contributed by atoms with van der Waals surface area (Å²) in [5.41, 5.74) is -1.42. The zero-order valence-corrected chi connectivity index (χ0v) is 8.76. The number of alkyl halides is 3. The third-order valence-corrected chi connectivity index (χ3v) is 2.47. The highest BCUT2D eigenvalue weighted by atomic mass is 32.2. The minimum Gasteiger partial charge on any atom is -0.481 e. The van der Waals surface area contributed by atoms with E-state index in [0.717, 1.165) is 13.2 Å². The van der Waals surface area contributed by atoms with Gasteiger partial charge in [0.1, 0.15) is 0 Å². The standard InChI is InChI=1S/C7H7F3N2O3S/c1-15-5-3-2-4(7(8,9)10)6(12-5)16(11,13)14/h2-3H,1H3,(H2,11,13,14). The Balaban J connectivity index is 3.52. The van der Waals surface area contributed by atoms with Crippen molar-refractivity contribution in [1.82, 2.24) is 4.98 Å². The first-order valence-corrected chi connectivity index (χ1v) is 5.36. The van der Waals surface area contributed by atoms with Gasteiger partial charge in [-0.3, -0.25) is 0 Å². The quantitative estimate of drug-likeness (QED) is 0.846. The lowest BCUT2D eigenvalue weighted by atomic mass is 10.3. The van der Waals surface area contributed by atoms with Gasteiger partial charge in [0.15, 0.2) is 5.03 Å². The highest BCUT2D eigenvalue weighted by Crippen LogP contribution is 2.33. The Morgan fingerprint density at radius 1 is 1.38 bits per heavy atom. The molecule has 2 N–H and O–H groups in total. The number of pyridine rings is 1. The van der Waals surface area contributed by atoms with Crippen LogP contribution in [0.4, 0.5) is 13.2 Å². The molecule has 16 heavy (non-hydrogen) atoms. The third kappa shape index (κ3) is 2.61. The van der Waals surface area contributed by atoms with E-state index in [1.807, 2.05) is 0 Å². The molecule has 0 saturated carbocycles. The normalized spacial score (nSPS) is 12.6. The number of rotatable bonds is 2. The number of primary sulfonamides is 1. The van der Waals surface area contributed by atoms with Crippen molar-refractivity contribution in [3.8, 4) is 5.88 Å². The molecule has 9 heteroatoms. The molecule has 90 valence electrons. The Morgan fingerprint density at radius 2 is 1.94 bits per heavy atom. The van der Waals surface area contributed by atoms with Crippen LogP contribution in [0, 0.1) is 0 Å². The van der Waals surface area contributed by atoms with Crippen LogP contribution < -0.4 is 9.88 Å². The van der Waals surface area contributed by atoms with Crippen molar-refractivity contribution >= 4 is 10.0 Å². The average molecular weight is 256 g/mol. The lowest BCUT2D eigenvalue weighted by Crippen LogP contribution is -2.20. The molecule has 0 fully saturated rings. The van der Waals surface area contributed by atoms with Crippen LogP contribution in [0.15, 0.2) is 17.2 Å². The fraction of sp³-hybridized carbons (Fsp3) is 0.286. The monoisotopic (exact) mass is 256 g/mol. The average Bonchev–Trinajstić information content (AvgIpc) is 2.14. The Bertz CT molecular complexity index is 498. The molecule has 0 radical (unpaired) electrons. The number of nitrogens with two attached hydrogens (primary N) is 1. The van der Waals surface area contributed by atoms with Crippen molar-refractivity contribution in [2.45, 2.75) is 11.2 Å². The summed E-state index contributed by atoms with van der Waals surface area (Å²) in [4.78, 5) is 3.17. The summed E-state index contributed by atoms with van der Waals surface area (Å²) < 4.78 is 63.6. The van der Waals surface area contributed by atoms with Crippen LogP contribution in [0.3, 0.4) is 0 Å². The first-order valence-electron chi connectivity index (χ1n) is 3.81. The molecule has 0 bridgehead atoms. The molecule has 1 aromatic rings. The predicted octanol–water partition coefficient (Wildman–Crippen LogP) is 0.756. The van der Waals surface area contributed by atoms with Crippen LogP contribution in [0.1, 0.15) is 5.56 Å². The molecule has 0 aliphatic heterocycles. The van der Waals surface area contributed by atoms with Crippen molar-refractivity contribution in [3.05, 3.63) is 17.7 Å². The van der Waals surface area contributed by atoms with E-state index >= 15 is 0 Å². The molecule has 0 aromatic carbocycles. The summed E-state index contributed by atoms with van der Waals surface area (Å²) >= 11 is 0. The van der Waals surface area contributed by atoms with Gasteiger partial charge in [0.2, 0.25) is 5.88 Å². The molecule has 1 heterocycles. The molecule has 1 rings (SSSR count). The van der Waals surface area contributed by atoms with Crippen LogP contribution in [-0.4, -0.2) is 20.5 Å². The highest BCUT2D eigenvalue weighted by molar-refractivity contribution is 7.89. The van der Waals surface area contributed by atoms with Crippen molar-refractivity contribution in [3.63, 3.8) is 0 Å². The van der Waals surface area contributed by atoms with Crippen molar-refractivity contribution in [2.75, 3.05) is 7.11 Å². The van der Waals surface area contributed by atoms with Gasteiger partial charge in [-0.15, -0.1) is 0 Å². The molecule has 0 unspecified atom stereocenters. The maximum Gasteiger partial charge on any atom is 0.419 e. The number of aromatic nitrogens is 1. The van der Waals surface area contributed by atoms with Crippen LogP contribution in [0.25, 0.3) is 0 Å². The van der Waals surface area contributed by atoms with Gasteiger partial charge >= 0.3 is 6.18 Å². The van der Waals surface area contributed by atoms with E-state index in [2.05, 4.69) is 14.9 Å². The Kier molecular flexibility index (Phi) is 3.10. The SMILES string of the molecule is COc1ccc(C(F)(F)F)c(S(N)(=O)=O)n1. The number of hydrogen-bond acceptors (Lipinski definition) is 4. The zero-order chi connectivity index (χ0) is 12.6. The van der Waals surface area contributed by atoms with Crippen molar-refractivity contribution in [2.24, 2.45) is 5.14 Å². The summed E-state index contributed by atoms with van der Waals surface area (Å²) in [6.07, 6.45) is -4.85. The van der Waals surface area contributed by atoms with Crippen LogP contribution in [0.5, 0.6) is 5.88 Å². The van der Waals surface area contributed by atoms with Crippen LogP contribution >= 0.6 is 0 Å². The van der Waals surface area contributed by atoms with E-state index in [1.165, 1.54) is 0 Å². The smallest absolute Gasteiger partial charge is 0.419 e. The lowest BCUT2D eigenvalue weighted by Gasteiger charge is -2.11. The van der Waals surface area contributed by atoms with Gasteiger partial charge < -0.3 is 4.74 Å². The number of hydrogen-bond donors (Lipinski definition) is 1. The number of sulfonamides is 1. The topological polar surface area (TPSA) is 82.3 Å². The van der Waals surface area contributed by atoms with Gasteiger partial charge in [0.05, 0.1) is 12.7 Å². The molecule has 0 aliphatic rings. The predicted molar refractivity (Wildman–Crippen MR) is 47.2 cm³/mol. The van der Waals surface area contributed by atoms with Crippen molar-refractivity contribution < 1.29 is 26.3 Å². The van der Waals surface area contributed by atoms with Crippen molar-refractivity contribution in [1.29, 1.82) is 0 Å². The maximum atomic E-state index is 12.4. The minimum atomic E-state index is -4.85. The number of halogens is 3. The fourth-order valence-electron chi connectivity index (χ4n) is 0.970. The Labute approximate surface area is 89.1 Å². The van der Waals surface area contributed by atoms with E-state index in [0.29, 0.717) is 6.07 Å². The van der Waals surface area contributed by atoms with Gasteiger partial charge in [-0.25, -0.2) is 13.6 Å². The maximum absolute atomic E-state index is 12.4. The molecule has 0 amide bonds. The second-order valence-electron chi connectivity index (χ2n) is 2.75. The summed E-state index contributed by atoms with van der Waals surface area (Å²) in [6, 6.07) is 1.45. The molecule has 1 aromatic heterocycles. The number of ether oxygens (including phenoxy) is 1. The molecule has 0 atom stereocenters. The third-order valence-electron chi connectivity index (χ3n) is 1.62. The van der Waals surface area contributed by atoms with Gasteiger partial charge in [0, 0.05) is 6.07 Å². The Hall–Kier alpha value is -1.35. The van der Waals surface area contributed by atoms with Crippen LogP contribution in [-0.2, 0) is 16.2 Å². The molecule has 0 aliphatic carbocycles. The van der Waals surface area contributed by atoms with Crippen LogP contribution in [0.2, 0.25) is 0 Å². The van der Waals surface area contributed by atoms with E-state index in [1.54, 1.807) is 0 Å². The lowest BCUT2D eigenvalue weighted by molar-refractivity contribution is -0.140. The second kappa shape index (κ2) is 3.91. The summed E-state index contributed by atoms with van der Waals surface area (Å²) in [7, 11) is -3.42. The van der Waals surface area contributed by atoms with E-state index in [9.17, 15) is 21.6 Å². The molecule has 0 saturated heterocycles. The number of nitrogens with zero attached hydrogens (tertiary/aromatic N) is 1. The molecular weight excluding hydrogens is 249 g/mol. The Morgan fingerprint density at radius 3 is 2.31 bits per heavy atom. The van der Waals surface area contributed by atoms with Gasteiger partial charge in [-0.2, -0.15) is 18.2 Å². The molecular formula is C7H7F3N2O3S. The second-order valence-corrected chi connectivity index (χ2v) is 4.23. The minimum absolute atomic E-state index is 0.267. The highest BCUT2D eigenvalue weighted by Gasteiger charge is 2.37. The first kappa shape index (κ1) is 12.7. The van der Waals surface area contributed by atoms with Gasteiger partial charge in [-0.1, -0.05) is 0 Å². The molecule has 5 nitrogen and oxygen atoms in total.